The monoisotopic (exact) mass is 1610 g/mol. The third kappa shape index (κ3) is 20.1. The van der Waals surface area contributed by atoms with Crippen LogP contribution in [0.1, 0.15) is 67.9 Å². The number of hydrogen-bond acceptors (Lipinski definition) is 25. The van der Waals surface area contributed by atoms with Crippen LogP contribution in [-0.4, -0.2) is 287 Å². The fourth-order valence-corrected chi connectivity index (χ4v) is 18.0. The lowest BCUT2D eigenvalue weighted by Gasteiger charge is -2.44. The average molecular weight is 1610 g/mol. The molecule has 107 heavy (non-hydrogen) atoms. The number of aliphatic hydroxyl groups is 10. The quantitative estimate of drug-likeness (QED) is 0.0605. The minimum absolute atomic E-state index is 0.00380. The van der Waals surface area contributed by atoms with Crippen molar-refractivity contribution in [2.24, 2.45) is 17.8 Å². The van der Waals surface area contributed by atoms with Gasteiger partial charge in [0.2, 0.25) is 17.7 Å². The van der Waals surface area contributed by atoms with Gasteiger partial charge >= 0.3 is 0 Å². The summed E-state index contributed by atoms with van der Waals surface area (Å²) < 4.78 is 35.9. The van der Waals surface area contributed by atoms with E-state index in [1.807, 2.05) is 36.4 Å². The Morgan fingerprint density at radius 3 is 1.04 bits per heavy atom. The van der Waals surface area contributed by atoms with Crippen molar-refractivity contribution in [1.82, 2.24) is 31.9 Å². The number of aliphatic hydroxyl groups excluding tert-OH is 10. The molecule has 12 rings (SSSR count). The predicted molar refractivity (Wildman–Crippen MR) is 411 cm³/mol. The second-order valence-corrected chi connectivity index (χ2v) is 33.4. The van der Waals surface area contributed by atoms with Gasteiger partial charge in [-0.25, -0.2) is 4.85 Å². The zero-order valence-corrected chi connectivity index (χ0v) is 65.2. The van der Waals surface area contributed by atoms with Crippen molar-refractivity contribution in [1.29, 1.82) is 0 Å². The number of aryl methyl sites for hydroxylation is 1. The van der Waals surface area contributed by atoms with Crippen LogP contribution in [0.15, 0.2) is 91.0 Å². The van der Waals surface area contributed by atoms with Crippen LogP contribution in [0.25, 0.3) is 21.6 Å². The summed E-state index contributed by atoms with van der Waals surface area (Å²) in [6.07, 6.45) is -2.53. The molecule has 0 aliphatic carbocycles. The Labute approximate surface area is 652 Å². The minimum atomic E-state index is -1.43. The number of ether oxygens (including phenoxy) is 6. The first-order valence-electron chi connectivity index (χ1n) is 36.1. The molecule has 16 N–H and O–H groups in total. The summed E-state index contributed by atoms with van der Waals surface area (Å²) >= 11 is 22.8. The highest BCUT2D eigenvalue weighted by atomic mass is 35.5. The normalized spacial score (nSPS) is 36.5. The minimum Gasteiger partial charge on any atom is -0.392 e. The van der Waals surface area contributed by atoms with Crippen molar-refractivity contribution in [3.63, 3.8) is 0 Å². The van der Waals surface area contributed by atoms with Crippen molar-refractivity contribution in [2.45, 2.75) is 214 Å². The molecule has 9 aliphatic heterocycles. The number of amides is 3. The van der Waals surface area contributed by atoms with E-state index in [2.05, 4.69) is 86.2 Å². The second kappa shape index (κ2) is 39.1. The number of rotatable bonds is 19. The van der Waals surface area contributed by atoms with E-state index in [-0.39, 0.29) is 60.4 Å². The molecule has 3 aromatic rings. The predicted octanol–water partition coefficient (Wildman–Crippen LogP) is 2.54. The molecule has 6 fully saturated rings. The lowest BCUT2D eigenvalue weighted by molar-refractivity contribution is -0.205. The van der Waals surface area contributed by atoms with E-state index in [0.717, 1.165) is 39.8 Å². The summed E-state index contributed by atoms with van der Waals surface area (Å²) in [4.78, 5) is 43.6. The third-order valence-electron chi connectivity index (χ3n) is 21.4. The summed E-state index contributed by atoms with van der Waals surface area (Å²) in [6, 6.07) is 19.3. The van der Waals surface area contributed by atoms with Gasteiger partial charge in [0, 0.05) is 37.4 Å². The number of nitrogens with one attached hydrogen (secondary N) is 6. The molecular weight excluding hydrogens is 1510 g/mol. The molecule has 0 aromatic heterocycles. The first-order valence-corrected chi connectivity index (χ1v) is 41.3. The topological polar surface area (TPSA) is 385 Å². The third-order valence-corrected chi connectivity index (χ3v) is 24.8. The average Bonchev–Trinajstić information content (AvgIpc) is 1.11. The molecule has 6 saturated heterocycles. The lowest BCUT2D eigenvalue weighted by atomic mass is 9.92. The Kier molecular flexibility index (Phi) is 31.2. The lowest BCUT2D eigenvalue weighted by Crippen LogP contribution is -2.65. The van der Waals surface area contributed by atoms with Crippen LogP contribution >= 0.6 is 70.1 Å². The molecule has 0 radical (unpaired) electrons. The van der Waals surface area contributed by atoms with E-state index in [1.54, 1.807) is 51.7 Å². The number of carbonyl (C=O) groups excluding carboxylic acids is 3. The summed E-state index contributed by atoms with van der Waals surface area (Å²) in [5.74, 6) is -0.987. The Balaban J connectivity index is 0.000000172. The Bertz CT molecular complexity index is 3570. The number of thioether (sulfide) groups is 3. The number of hydrogen-bond donors (Lipinski definition) is 16. The SMILES string of the molecule is CSC1O[C@H]([C@H](NC(=O)[C@H]2NC[C@@H]3C=C(c4ccc(C)cc4)CCO[C@@H]23)[C@H](C)Cl)C(O)[C@@H](O)[C@H]1O.CSC1O[C@H]([C@H](NC(=O)[C@H]2NC[C@@H]3C=C(c4ccc(CO)cc4)CCO[C@@H]23)[C@H](C)Cl)C(O)[C@@H](O)[C@H]1O.[C-]#[N+]c1ccc(C2=C[C@H]3CN[C@H](C(=O)N[C@H]([C@H](C)Cl)[C@H]4OC(SC)[C@H](O)[C@H](O)C4O)[C@@H]3OCC2)cc1. The van der Waals surface area contributed by atoms with Gasteiger partial charge in [-0.05, 0) is 105 Å². The van der Waals surface area contributed by atoms with E-state index in [9.17, 15) is 65.4 Å². The largest absolute Gasteiger partial charge is 0.392 e. The van der Waals surface area contributed by atoms with Crippen LogP contribution < -0.4 is 31.9 Å². The molecule has 6 unspecified atom stereocenters. The maximum Gasteiger partial charge on any atom is 0.240 e. The van der Waals surface area contributed by atoms with Gasteiger partial charge in [-0.15, -0.1) is 70.1 Å². The standard InChI is InChI=1S/C25H32ClN3O6S.C25H35ClN2O7S.C25H35ClN2O6S/c1-12(26)17(23-20(31)19(30)21(32)25(35-23)36-3)29-24(33)18-22-15(11-28-18)10-14(8-9-34-22)13-4-6-16(27-2)7-5-13;1-12(26)17(23-20(31)19(30)21(32)25(35-23)36-2)28-24(33)18-22-16(10-27-18)9-15(7-8-34-22)14-5-3-13(11-29)4-6-14;1-12-4-6-14(7-5-12)15-8-9-33-22-16(10-15)11-27-18(22)24(32)28-17(13(2)26)23-20(30)19(29)21(31)25(34-23)35-3/h4-7,10,12,15,17-23,25,28,30-32H,8-9,11H2,1,3H3,(H,29,33);3-6,9,12,16-23,25,27,29-32H,7-8,10-11H2,1-2H3,(H,28,33);4-7,10,13,16-23,25,27,29-31H,8-9,11H2,1-3H3,(H,28,32)/t12-,15-,17+,18-,19+,20?,21+,22+,23+,25?;12-,16-,17+,18-,19+,20?,21+,22+,23+,25?;13-,16-,17+,18-,19+,20?,21+,22+,23+,25?/m000/s1. The summed E-state index contributed by atoms with van der Waals surface area (Å²) in [5, 5.41) is 119. The Hall–Kier alpha value is -4.06. The molecule has 26 nitrogen and oxygen atoms in total. The summed E-state index contributed by atoms with van der Waals surface area (Å²) in [5.41, 5.74) is 7.07. The van der Waals surface area contributed by atoms with Crippen molar-refractivity contribution in [3.8, 4) is 0 Å². The number of alkyl halides is 3. The second-order valence-electron chi connectivity index (χ2n) is 28.5. The number of benzene rings is 3. The van der Waals surface area contributed by atoms with E-state index in [4.69, 9.17) is 69.8 Å². The van der Waals surface area contributed by atoms with Gasteiger partial charge in [0.05, 0.1) is 85.6 Å². The fraction of sp³-hybridized carbons (Fsp3) is 0.627. The highest BCUT2D eigenvalue weighted by Crippen LogP contribution is 2.38. The highest BCUT2D eigenvalue weighted by molar-refractivity contribution is 7.99. The summed E-state index contributed by atoms with van der Waals surface area (Å²) in [6.45, 7) is 17.4. The van der Waals surface area contributed by atoms with Gasteiger partial charge in [0.15, 0.2) is 5.69 Å². The van der Waals surface area contributed by atoms with Crippen molar-refractivity contribution in [2.75, 3.05) is 58.2 Å². The Morgan fingerprint density at radius 1 is 0.477 bits per heavy atom. The van der Waals surface area contributed by atoms with Crippen molar-refractivity contribution < 1.29 is 93.9 Å². The van der Waals surface area contributed by atoms with E-state index < -0.39 is 142 Å². The number of carbonyl (C=O) groups is 3. The molecule has 3 aromatic carbocycles. The maximum atomic E-state index is 13.4. The number of nitrogens with zero attached hydrogens (tertiary/aromatic N) is 1. The van der Waals surface area contributed by atoms with Gasteiger partial charge in [-0.3, -0.25) is 14.4 Å². The van der Waals surface area contributed by atoms with Crippen LogP contribution in [0.3, 0.4) is 0 Å². The smallest absolute Gasteiger partial charge is 0.240 e. The highest BCUT2D eigenvalue weighted by Gasteiger charge is 2.53. The van der Waals surface area contributed by atoms with Gasteiger partial charge in [-0.1, -0.05) is 96.6 Å². The van der Waals surface area contributed by atoms with E-state index >= 15 is 0 Å². The van der Waals surface area contributed by atoms with Crippen molar-refractivity contribution in [3.05, 3.63) is 130 Å². The molecule has 590 valence electrons. The Morgan fingerprint density at radius 2 is 0.766 bits per heavy atom. The van der Waals surface area contributed by atoms with Crippen LogP contribution in [-0.2, 0) is 49.4 Å². The van der Waals surface area contributed by atoms with Crippen molar-refractivity contribution >= 4 is 110 Å². The first-order chi connectivity index (χ1) is 51.2. The fourth-order valence-electron chi connectivity index (χ4n) is 15.3. The molecule has 9 aliphatic rings. The molecule has 0 spiro atoms. The number of fused-ring (bicyclic) bond motifs is 3. The molecular formula is C75H102Cl3N7O19S3. The maximum absolute atomic E-state index is 13.4. The van der Waals surface area contributed by atoms with Crippen LogP contribution in [0, 0.1) is 31.2 Å². The van der Waals surface area contributed by atoms with Gasteiger partial charge in [0.25, 0.3) is 0 Å². The van der Waals surface area contributed by atoms with Gasteiger partial charge < -0.3 is 111 Å². The molecule has 9 heterocycles. The van der Waals surface area contributed by atoms with E-state index in [0.29, 0.717) is 58.0 Å². The van der Waals surface area contributed by atoms with Gasteiger partial charge in [-0.2, -0.15) is 0 Å². The molecule has 3 amide bonds. The van der Waals surface area contributed by atoms with Gasteiger partial charge in [0.1, 0.15) is 108 Å². The van der Waals surface area contributed by atoms with Crippen LogP contribution in [0.4, 0.5) is 5.69 Å². The molecule has 0 bridgehead atoms. The molecule has 30 atom stereocenters. The number of halogens is 3. The van der Waals surface area contributed by atoms with Crippen LogP contribution in [0.2, 0.25) is 0 Å². The molecule has 0 saturated carbocycles. The first kappa shape index (κ1) is 85.4. The zero-order chi connectivity index (χ0) is 77.2. The van der Waals surface area contributed by atoms with E-state index in [1.165, 1.54) is 46.4 Å². The summed E-state index contributed by atoms with van der Waals surface area (Å²) in [7, 11) is 0. The zero-order valence-electron chi connectivity index (χ0n) is 60.5. The van der Waals surface area contributed by atoms with Crippen LogP contribution in [0.5, 0.6) is 0 Å². The molecule has 32 heteroatoms.